The van der Waals surface area contributed by atoms with Gasteiger partial charge >= 0.3 is 0 Å². The highest BCUT2D eigenvalue weighted by atomic mass is 32.1. The Bertz CT molecular complexity index is 4190. The number of rotatable bonds is 7. The summed E-state index contributed by atoms with van der Waals surface area (Å²) in [5.41, 5.74) is 18.2. The molecular weight excluding hydrogens is 883 g/mol. The molecule has 0 spiro atoms. The van der Waals surface area contributed by atoms with Crippen molar-refractivity contribution in [3.05, 3.63) is 271 Å². The van der Waals surface area contributed by atoms with Crippen molar-refractivity contribution in [3.8, 4) is 33.4 Å². The van der Waals surface area contributed by atoms with Gasteiger partial charge < -0.3 is 13.7 Å². The molecule has 0 unspecified atom stereocenters. The van der Waals surface area contributed by atoms with Crippen LogP contribution in [0.4, 0.5) is 17.1 Å². The SMILES string of the molecule is c1ccc(C2(c3ccccc3)c3ccc(N(c4ccc(-c5cccc6c5oc5ccccc56)cc4)c4ccc(-c5cccc6c5oc5ccccc56)cc4)cc3-c3c2ccc2c3sc3ccccc32)cc1. The number of anilines is 3. The van der Waals surface area contributed by atoms with E-state index >= 15 is 0 Å². The maximum atomic E-state index is 6.53. The summed E-state index contributed by atoms with van der Waals surface area (Å²) in [6.07, 6.45) is 0. The van der Waals surface area contributed by atoms with Gasteiger partial charge in [-0.15, -0.1) is 11.3 Å². The second-order valence-electron chi connectivity index (χ2n) is 18.7. The summed E-state index contributed by atoms with van der Waals surface area (Å²) in [7, 11) is 0. The van der Waals surface area contributed by atoms with E-state index in [9.17, 15) is 0 Å². The van der Waals surface area contributed by atoms with Crippen LogP contribution in [-0.4, -0.2) is 0 Å². The Hall–Kier alpha value is -8.96. The third-order valence-corrected chi connectivity index (χ3v) is 16.2. The third-order valence-electron chi connectivity index (χ3n) is 15.0. The van der Waals surface area contributed by atoms with Crippen molar-refractivity contribution < 1.29 is 8.83 Å². The van der Waals surface area contributed by atoms with Gasteiger partial charge in [-0.25, -0.2) is 0 Å². The van der Waals surface area contributed by atoms with Gasteiger partial charge in [-0.3, -0.25) is 0 Å². The highest BCUT2D eigenvalue weighted by molar-refractivity contribution is 7.26. The fraction of sp³-hybridized carbons (Fsp3) is 0.0149. The van der Waals surface area contributed by atoms with Gasteiger partial charge in [0.25, 0.3) is 0 Å². The summed E-state index contributed by atoms with van der Waals surface area (Å²) in [6, 6.07) is 90.5. The molecule has 0 saturated heterocycles. The van der Waals surface area contributed by atoms with Crippen LogP contribution in [0.3, 0.4) is 0 Å². The first-order valence-corrected chi connectivity index (χ1v) is 25.0. The van der Waals surface area contributed by atoms with Crippen molar-refractivity contribution >= 4 is 92.4 Å². The lowest BCUT2D eigenvalue weighted by atomic mass is 9.67. The molecule has 15 rings (SSSR count). The lowest BCUT2D eigenvalue weighted by molar-refractivity contribution is 0.669. The first-order valence-electron chi connectivity index (χ1n) is 24.2. The minimum atomic E-state index is -0.542. The van der Waals surface area contributed by atoms with E-state index in [4.69, 9.17) is 8.83 Å². The number of para-hydroxylation sites is 4. The van der Waals surface area contributed by atoms with E-state index in [1.54, 1.807) is 0 Å². The Labute approximate surface area is 413 Å². The van der Waals surface area contributed by atoms with Crippen LogP contribution in [0.2, 0.25) is 0 Å². The number of thiophene rings is 1. The molecule has 0 fully saturated rings. The van der Waals surface area contributed by atoms with Crippen molar-refractivity contribution in [1.82, 2.24) is 0 Å². The standard InChI is InChI=1S/C67H41NO2S/c1-3-15-44(16-4-1)67(45-17-5-2-6-18-45)58-39-37-48(41-57(58)63-59(67)40-38-56-53-21-9-12-28-62(53)71-66(56)63)68(46-33-29-42(30-34-46)49-22-13-24-54-51-19-7-10-26-60(51)69-64(49)54)47-35-31-43(32-36-47)50-23-14-25-55-52-20-8-11-27-61(52)70-65(50)55/h1-41H. The first kappa shape index (κ1) is 40.0. The Morgan fingerprint density at radius 3 is 1.39 bits per heavy atom. The minimum absolute atomic E-state index is 0.542. The van der Waals surface area contributed by atoms with E-state index in [0.717, 1.165) is 83.2 Å². The van der Waals surface area contributed by atoms with Gasteiger partial charge in [-0.05, 0) is 93.5 Å². The molecule has 3 nitrogen and oxygen atoms in total. The Balaban J connectivity index is 0.946. The van der Waals surface area contributed by atoms with Gasteiger partial charge in [-0.1, -0.05) is 194 Å². The normalized spacial score (nSPS) is 12.9. The molecule has 332 valence electrons. The summed E-state index contributed by atoms with van der Waals surface area (Å²) < 4.78 is 15.7. The molecule has 0 atom stereocenters. The van der Waals surface area contributed by atoms with Crippen molar-refractivity contribution in [1.29, 1.82) is 0 Å². The maximum absolute atomic E-state index is 6.53. The van der Waals surface area contributed by atoms with Gasteiger partial charge in [-0.2, -0.15) is 0 Å². The van der Waals surface area contributed by atoms with Crippen molar-refractivity contribution in [2.75, 3.05) is 4.90 Å². The first-order chi connectivity index (χ1) is 35.2. The van der Waals surface area contributed by atoms with Gasteiger partial charge in [0.1, 0.15) is 22.3 Å². The predicted octanol–water partition coefficient (Wildman–Crippen LogP) is 19.0. The summed E-state index contributed by atoms with van der Waals surface area (Å²) in [5.74, 6) is 0. The molecule has 11 aromatic carbocycles. The molecule has 3 aromatic heterocycles. The fourth-order valence-electron chi connectivity index (χ4n) is 11.9. The molecule has 0 bridgehead atoms. The zero-order valence-corrected chi connectivity index (χ0v) is 39.2. The zero-order chi connectivity index (χ0) is 46.6. The monoisotopic (exact) mass is 923 g/mol. The molecule has 71 heavy (non-hydrogen) atoms. The van der Waals surface area contributed by atoms with Crippen molar-refractivity contribution in [2.24, 2.45) is 0 Å². The van der Waals surface area contributed by atoms with Crippen LogP contribution in [0.25, 0.3) is 97.4 Å². The van der Waals surface area contributed by atoms with E-state index in [1.165, 1.54) is 53.6 Å². The Morgan fingerprint density at radius 2 is 0.817 bits per heavy atom. The van der Waals surface area contributed by atoms with E-state index in [-0.39, 0.29) is 0 Å². The second kappa shape index (κ2) is 15.5. The summed E-state index contributed by atoms with van der Waals surface area (Å²) in [4.78, 5) is 2.41. The van der Waals surface area contributed by atoms with Crippen LogP contribution < -0.4 is 4.90 Å². The second-order valence-corrected chi connectivity index (χ2v) is 19.7. The lowest BCUT2D eigenvalue weighted by Crippen LogP contribution is -2.28. The van der Waals surface area contributed by atoms with Gasteiger partial charge in [0.05, 0.1) is 5.41 Å². The van der Waals surface area contributed by atoms with Gasteiger partial charge in [0, 0.05) is 75.5 Å². The minimum Gasteiger partial charge on any atom is -0.455 e. The van der Waals surface area contributed by atoms with Crippen molar-refractivity contribution in [2.45, 2.75) is 5.41 Å². The van der Waals surface area contributed by atoms with E-state index in [2.05, 4.69) is 229 Å². The molecule has 0 radical (unpaired) electrons. The van der Waals surface area contributed by atoms with Crippen LogP contribution in [-0.2, 0) is 5.41 Å². The molecule has 0 amide bonds. The van der Waals surface area contributed by atoms with E-state index < -0.39 is 5.41 Å². The topological polar surface area (TPSA) is 29.5 Å². The number of furan rings is 2. The number of nitrogens with zero attached hydrogens (tertiary/aromatic N) is 1. The molecule has 1 aliphatic carbocycles. The number of benzene rings is 11. The van der Waals surface area contributed by atoms with E-state index in [1.807, 2.05) is 35.6 Å². The Kier molecular flexibility index (Phi) is 8.74. The maximum Gasteiger partial charge on any atom is 0.143 e. The quantitative estimate of drug-likeness (QED) is 0.160. The molecule has 4 heteroatoms. The van der Waals surface area contributed by atoms with Crippen LogP contribution in [0.15, 0.2) is 258 Å². The summed E-state index contributed by atoms with van der Waals surface area (Å²) in [5, 5.41) is 7.08. The lowest BCUT2D eigenvalue weighted by Gasteiger charge is -2.34. The van der Waals surface area contributed by atoms with Crippen LogP contribution in [0.5, 0.6) is 0 Å². The number of hydrogen-bond donors (Lipinski definition) is 0. The number of fused-ring (bicyclic) bond motifs is 13. The molecule has 0 aliphatic heterocycles. The summed E-state index contributed by atoms with van der Waals surface area (Å²) >= 11 is 1.90. The molecule has 1 aliphatic rings. The average molecular weight is 924 g/mol. The average Bonchev–Trinajstić information content (AvgIpc) is 4.20. The number of hydrogen-bond acceptors (Lipinski definition) is 4. The molecular formula is C67H41NO2S. The van der Waals surface area contributed by atoms with Crippen LogP contribution in [0.1, 0.15) is 22.3 Å². The van der Waals surface area contributed by atoms with Gasteiger partial charge in [0.15, 0.2) is 0 Å². The van der Waals surface area contributed by atoms with Crippen LogP contribution >= 0.6 is 11.3 Å². The molecule has 0 saturated carbocycles. The third kappa shape index (κ3) is 5.89. The molecule has 3 heterocycles. The fourth-order valence-corrected chi connectivity index (χ4v) is 13.1. The smallest absolute Gasteiger partial charge is 0.143 e. The predicted molar refractivity (Wildman–Crippen MR) is 297 cm³/mol. The highest BCUT2D eigenvalue weighted by Crippen LogP contribution is 2.60. The van der Waals surface area contributed by atoms with E-state index in [0.29, 0.717) is 0 Å². The molecule has 14 aromatic rings. The highest BCUT2D eigenvalue weighted by Gasteiger charge is 2.47. The largest absolute Gasteiger partial charge is 0.455 e. The zero-order valence-electron chi connectivity index (χ0n) is 38.3. The van der Waals surface area contributed by atoms with Crippen LogP contribution in [0, 0.1) is 0 Å². The Morgan fingerprint density at radius 1 is 0.338 bits per heavy atom. The molecule has 0 N–H and O–H groups in total. The van der Waals surface area contributed by atoms with Crippen molar-refractivity contribution in [3.63, 3.8) is 0 Å². The summed E-state index contributed by atoms with van der Waals surface area (Å²) in [6.45, 7) is 0. The van der Waals surface area contributed by atoms with Gasteiger partial charge in [0.2, 0.25) is 0 Å².